The van der Waals surface area contributed by atoms with E-state index in [4.69, 9.17) is 24.1 Å². The van der Waals surface area contributed by atoms with E-state index in [2.05, 4.69) is 0 Å². The van der Waals surface area contributed by atoms with Gasteiger partial charge >= 0.3 is 0 Å². The number of hydrogen-bond acceptors (Lipinski definition) is 6. The number of aliphatic hydroxyl groups excluding tert-OH is 2. The van der Waals surface area contributed by atoms with Crippen LogP contribution < -0.4 is 0 Å². The van der Waals surface area contributed by atoms with Crippen molar-refractivity contribution in [2.45, 2.75) is 43.7 Å². The highest BCUT2D eigenvalue weighted by Crippen LogP contribution is 2.41. The van der Waals surface area contributed by atoms with Crippen LogP contribution in [0, 0.1) is 0 Å². The molecule has 6 heteroatoms. The Balaban J connectivity index is 2.23. The van der Waals surface area contributed by atoms with E-state index < -0.39 is 29.9 Å². The summed E-state index contributed by atoms with van der Waals surface area (Å²) in [5.74, 6) is -1.91. The minimum atomic E-state index is -1.12. The lowest BCUT2D eigenvalue weighted by atomic mass is 10.0. The summed E-state index contributed by atoms with van der Waals surface area (Å²) in [7, 11) is 1.46. The highest BCUT2D eigenvalue weighted by Gasteiger charge is 2.60. The molecule has 2 N–H and O–H groups in total. The minimum absolute atomic E-state index is 0.161. The van der Waals surface area contributed by atoms with Gasteiger partial charge in [-0.25, -0.2) is 0 Å². The van der Waals surface area contributed by atoms with Crippen molar-refractivity contribution in [3.05, 3.63) is 0 Å². The van der Waals surface area contributed by atoms with E-state index in [9.17, 15) is 5.11 Å². The molecule has 0 aromatic rings. The van der Waals surface area contributed by atoms with Gasteiger partial charge in [-0.1, -0.05) is 0 Å². The zero-order valence-electron chi connectivity index (χ0n) is 9.67. The molecule has 0 spiro atoms. The van der Waals surface area contributed by atoms with Crippen LogP contribution in [-0.2, 0) is 18.9 Å². The lowest BCUT2D eigenvalue weighted by Gasteiger charge is -2.44. The van der Waals surface area contributed by atoms with Crippen LogP contribution >= 0.6 is 0 Å². The van der Waals surface area contributed by atoms with E-state index in [-0.39, 0.29) is 13.2 Å². The number of rotatable bonds is 2. The van der Waals surface area contributed by atoms with Crippen molar-refractivity contribution in [1.82, 2.24) is 0 Å². The van der Waals surface area contributed by atoms with Crippen molar-refractivity contribution < 1.29 is 29.2 Å². The van der Waals surface area contributed by atoms with Crippen molar-refractivity contribution in [1.29, 1.82) is 0 Å². The highest BCUT2D eigenvalue weighted by molar-refractivity contribution is 5.00. The van der Waals surface area contributed by atoms with E-state index >= 15 is 0 Å². The first-order chi connectivity index (χ1) is 7.44. The number of aliphatic hydroxyl groups is 2. The largest absolute Gasteiger partial charge is 0.394 e. The van der Waals surface area contributed by atoms with Gasteiger partial charge in [0.15, 0.2) is 5.79 Å². The summed E-state index contributed by atoms with van der Waals surface area (Å²) >= 11 is 0. The van der Waals surface area contributed by atoms with Gasteiger partial charge in [-0.2, -0.15) is 0 Å². The Hall–Kier alpha value is -0.240. The Morgan fingerprint density at radius 1 is 1.38 bits per heavy atom. The van der Waals surface area contributed by atoms with Crippen LogP contribution in [0.5, 0.6) is 0 Å². The van der Waals surface area contributed by atoms with Crippen molar-refractivity contribution in [3.63, 3.8) is 0 Å². The van der Waals surface area contributed by atoms with Crippen LogP contribution in [0.25, 0.3) is 0 Å². The molecule has 2 rings (SSSR count). The van der Waals surface area contributed by atoms with Gasteiger partial charge in [0, 0.05) is 7.11 Å². The summed E-state index contributed by atoms with van der Waals surface area (Å²) in [6.07, 6.45) is -2.28. The van der Waals surface area contributed by atoms with Crippen LogP contribution in [0.3, 0.4) is 0 Å². The molecule has 0 aliphatic carbocycles. The normalized spacial score (nSPS) is 46.7. The quantitative estimate of drug-likeness (QED) is 0.653. The average Bonchev–Trinajstić information content (AvgIpc) is 2.52. The predicted octanol–water partition coefficient (Wildman–Crippen LogP) is -0.767. The molecule has 0 bridgehead atoms. The first-order valence-corrected chi connectivity index (χ1v) is 5.28. The molecule has 2 heterocycles. The van der Waals surface area contributed by atoms with Crippen molar-refractivity contribution in [2.75, 3.05) is 20.3 Å². The second-order valence-electron chi connectivity index (χ2n) is 4.57. The summed E-state index contributed by atoms with van der Waals surface area (Å²) in [5.41, 5.74) is 0. The molecule has 0 saturated carbocycles. The first-order valence-electron chi connectivity index (χ1n) is 5.28. The standard InChI is InChI=1S/C10H18O6/c1-9(2)14-5-10(13-3)8(16-9)7(12)6(4-11)15-10/h6-8,11-12H,4-5H2,1-3H3/t6-,7-,8+,10+/m1/s1. The van der Waals surface area contributed by atoms with Gasteiger partial charge in [-0.3, -0.25) is 0 Å². The van der Waals surface area contributed by atoms with Crippen LogP contribution in [0.15, 0.2) is 0 Å². The molecule has 0 aromatic carbocycles. The Morgan fingerprint density at radius 2 is 2.06 bits per heavy atom. The molecule has 0 aromatic heterocycles. The number of ether oxygens (including phenoxy) is 4. The Morgan fingerprint density at radius 3 is 2.62 bits per heavy atom. The molecule has 0 amide bonds. The summed E-state index contributed by atoms with van der Waals surface area (Å²) in [4.78, 5) is 0. The van der Waals surface area contributed by atoms with E-state index in [1.54, 1.807) is 13.8 Å². The smallest absolute Gasteiger partial charge is 0.222 e. The van der Waals surface area contributed by atoms with E-state index in [0.29, 0.717) is 0 Å². The minimum Gasteiger partial charge on any atom is -0.394 e. The third kappa shape index (κ3) is 1.75. The van der Waals surface area contributed by atoms with E-state index in [1.807, 2.05) is 0 Å². The lowest BCUT2D eigenvalue weighted by Crippen LogP contribution is -2.59. The maximum absolute atomic E-state index is 9.97. The summed E-state index contributed by atoms with van der Waals surface area (Å²) in [6.45, 7) is 3.39. The van der Waals surface area contributed by atoms with Gasteiger partial charge in [0.2, 0.25) is 5.79 Å². The van der Waals surface area contributed by atoms with Gasteiger partial charge in [-0.15, -0.1) is 0 Å². The van der Waals surface area contributed by atoms with E-state index in [1.165, 1.54) is 7.11 Å². The maximum Gasteiger partial charge on any atom is 0.222 e. The zero-order chi connectivity index (χ0) is 12.0. The third-order valence-corrected chi connectivity index (χ3v) is 3.03. The SMILES string of the molecule is CO[C@]12COC(C)(C)O[C@H]1[C@H](O)[C@@H](CO)O2. The Kier molecular flexibility index (Phi) is 2.98. The fourth-order valence-corrected chi connectivity index (χ4v) is 2.11. The highest BCUT2D eigenvalue weighted by atomic mass is 16.8. The van der Waals surface area contributed by atoms with Crippen LogP contribution in [0.4, 0.5) is 0 Å². The molecular weight excluding hydrogens is 216 g/mol. The maximum atomic E-state index is 9.97. The molecule has 2 aliphatic rings. The van der Waals surface area contributed by atoms with Crippen molar-refractivity contribution in [3.8, 4) is 0 Å². The number of fused-ring (bicyclic) bond motifs is 1. The summed E-state index contributed by atoms with van der Waals surface area (Å²) in [6, 6.07) is 0. The third-order valence-electron chi connectivity index (χ3n) is 3.03. The van der Waals surface area contributed by atoms with Gasteiger partial charge in [0.25, 0.3) is 0 Å². The second-order valence-corrected chi connectivity index (χ2v) is 4.57. The van der Waals surface area contributed by atoms with Crippen molar-refractivity contribution in [2.24, 2.45) is 0 Å². The Labute approximate surface area is 94.1 Å². The van der Waals surface area contributed by atoms with Crippen molar-refractivity contribution >= 4 is 0 Å². The molecule has 2 aliphatic heterocycles. The van der Waals surface area contributed by atoms with E-state index in [0.717, 1.165) is 0 Å². The molecule has 94 valence electrons. The molecule has 2 fully saturated rings. The molecular formula is C10H18O6. The number of hydrogen-bond donors (Lipinski definition) is 2. The second kappa shape index (κ2) is 3.90. The topological polar surface area (TPSA) is 77.4 Å². The van der Waals surface area contributed by atoms with Gasteiger partial charge in [-0.05, 0) is 13.8 Å². The molecule has 2 saturated heterocycles. The molecule has 0 radical (unpaired) electrons. The molecule has 16 heavy (non-hydrogen) atoms. The first kappa shape index (κ1) is 12.2. The van der Waals surface area contributed by atoms with Crippen LogP contribution in [-0.4, -0.2) is 60.4 Å². The Bertz CT molecular complexity index is 268. The molecule has 4 atom stereocenters. The summed E-state index contributed by atoms with van der Waals surface area (Å²) in [5, 5.41) is 19.1. The van der Waals surface area contributed by atoms with Gasteiger partial charge < -0.3 is 29.2 Å². The monoisotopic (exact) mass is 234 g/mol. The lowest BCUT2D eigenvalue weighted by molar-refractivity contribution is -0.384. The van der Waals surface area contributed by atoms with Crippen LogP contribution in [0.2, 0.25) is 0 Å². The fourth-order valence-electron chi connectivity index (χ4n) is 2.11. The molecule has 6 nitrogen and oxygen atoms in total. The average molecular weight is 234 g/mol. The summed E-state index contributed by atoms with van der Waals surface area (Å²) < 4.78 is 21.8. The van der Waals surface area contributed by atoms with Gasteiger partial charge in [0.1, 0.15) is 24.9 Å². The van der Waals surface area contributed by atoms with Crippen LogP contribution in [0.1, 0.15) is 13.8 Å². The zero-order valence-corrected chi connectivity index (χ0v) is 9.67. The molecule has 0 unspecified atom stereocenters. The predicted molar refractivity (Wildman–Crippen MR) is 52.6 cm³/mol. The fraction of sp³-hybridized carbons (Fsp3) is 1.00. The number of methoxy groups -OCH3 is 1. The van der Waals surface area contributed by atoms with Gasteiger partial charge in [0.05, 0.1) is 6.61 Å².